The molecule has 2 amide bonds. The van der Waals surface area contributed by atoms with Crippen LogP contribution in [0.2, 0.25) is 0 Å². The maximum absolute atomic E-state index is 13.0. The highest BCUT2D eigenvalue weighted by Gasteiger charge is 2.23. The number of aromatic nitrogens is 2. The smallest absolute Gasteiger partial charge is 0.335 e. The van der Waals surface area contributed by atoms with Gasteiger partial charge in [-0.05, 0) is 48.5 Å². The van der Waals surface area contributed by atoms with Crippen molar-refractivity contribution < 1.29 is 18.4 Å². The normalized spacial score (nSPS) is 10.5. The Balaban J connectivity index is 1.30. The molecule has 0 unspecified atom stereocenters. The molecule has 0 aliphatic heterocycles. The Kier molecular flexibility index (Phi) is 6.12. The highest BCUT2D eigenvalue weighted by molar-refractivity contribution is 6.05. The lowest BCUT2D eigenvalue weighted by molar-refractivity contribution is 0.257. The van der Waals surface area contributed by atoms with Crippen molar-refractivity contribution in [3.05, 3.63) is 97.7 Å². The largest absolute Gasteiger partial charge is 0.496 e. The lowest BCUT2D eigenvalue weighted by atomic mass is 10.1. The van der Waals surface area contributed by atoms with Gasteiger partial charge in [-0.2, -0.15) is 0 Å². The van der Waals surface area contributed by atoms with E-state index in [1.54, 1.807) is 43.5 Å². The average Bonchev–Trinajstić information content (AvgIpc) is 3.61. The molecule has 0 saturated carbocycles. The highest BCUT2D eigenvalue weighted by atomic mass is 16.5. The van der Waals surface area contributed by atoms with E-state index in [4.69, 9.17) is 13.6 Å². The third-order valence-electron chi connectivity index (χ3n) is 5.11. The Morgan fingerprint density at radius 1 is 0.857 bits per heavy atom. The Labute approximate surface area is 201 Å². The minimum absolute atomic E-state index is 0.338. The number of furan rings is 2. The third-order valence-corrected chi connectivity index (χ3v) is 5.11. The van der Waals surface area contributed by atoms with E-state index < -0.39 is 6.03 Å². The van der Waals surface area contributed by atoms with Crippen LogP contribution in [0.5, 0.6) is 5.75 Å². The second-order valence-electron chi connectivity index (χ2n) is 7.36. The summed E-state index contributed by atoms with van der Waals surface area (Å²) in [6, 6.07) is 23.1. The number of nitrogens with zero attached hydrogens (tertiary/aromatic N) is 3. The summed E-state index contributed by atoms with van der Waals surface area (Å²) in [6.45, 7) is 0. The predicted octanol–water partition coefficient (Wildman–Crippen LogP) is 6.45. The molecule has 2 aromatic carbocycles. The molecule has 9 nitrogen and oxygen atoms in total. The second-order valence-corrected chi connectivity index (χ2v) is 7.36. The molecule has 0 saturated heterocycles. The number of benzene rings is 2. The number of anilines is 5. The van der Waals surface area contributed by atoms with Crippen molar-refractivity contribution in [2.75, 3.05) is 22.6 Å². The number of methoxy groups -OCH3 is 1. The Morgan fingerprint density at radius 3 is 2.20 bits per heavy atom. The van der Waals surface area contributed by atoms with Crippen molar-refractivity contribution in [3.63, 3.8) is 0 Å². The lowest BCUT2D eigenvalue weighted by Crippen LogP contribution is -2.30. The van der Waals surface area contributed by atoms with Gasteiger partial charge in [-0.25, -0.2) is 19.7 Å². The van der Waals surface area contributed by atoms with Gasteiger partial charge in [-0.15, -0.1) is 0 Å². The number of amides is 2. The van der Waals surface area contributed by atoms with E-state index in [1.165, 1.54) is 23.8 Å². The number of hydrogen-bond acceptors (Lipinski definition) is 7. The van der Waals surface area contributed by atoms with Crippen molar-refractivity contribution in [2.24, 2.45) is 0 Å². The van der Waals surface area contributed by atoms with Crippen LogP contribution in [0.3, 0.4) is 0 Å². The van der Waals surface area contributed by atoms with Crippen LogP contribution >= 0.6 is 0 Å². The Hall–Kier alpha value is -5.05. The van der Waals surface area contributed by atoms with Crippen LogP contribution in [0.15, 0.2) is 107 Å². The molecule has 0 bridgehead atoms. The summed E-state index contributed by atoms with van der Waals surface area (Å²) in [5.41, 5.74) is 3.00. The number of carbonyl (C=O) groups excluding carboxylic acids is 1. The van der Waals surface area contributed by atoms with E-state index in [2.05, 4.69) is 20.6 Å². The van der Waals surface area contributed by atoms with Gasteiger partial charge in [0.05, 0.1) is 25.3 Å². The Bertz CT molecular complexity index is 1370. The van der Waals surface area contributed by atoms with Crippen molar-refractivity contribution in [3.8, 4) is 17.0 Å². The lowest BCUT2D eigenvalue weighted by Gasteiger charge is -2.18. The van der Waals surface area contributed by atoms with Gasteiger partial charge in [0.25, 0.3) is 0 Å². The first-order chi connectivity index (χ1) is 17.2. The maximum atomic E-state index is 13.0. The molecule has 0 aliphatic rings. The summed E-state index contributed by atoms with van der Waals surface area (Å²) in [7, 11) is 1.63. The molecule has 0 aliphatic carbocycles. The standard InChI is InChI=1S/C26H21N5O4/c1-33-22-7-3-2-6-20(22)21-16-23(28-17-27-21)29-18-10-12-19(13-11-18)30-26(32)31(24-8-4-14-34-24)25-9-5-15-35-25/h2-17H,1H3,(H,30,32)(H,27,28,29). The van der Waals surface area contributed by atoms with Gasteiger partial charge in [-0.1, -0.05) is 12.1 Å². The van der Waals surface area contributed by atoms with Crippen LogP contribution in [0, 0.1) is 0 Å². The molecule has 0 atom stereocenters. The Morgan fingerprint density at radius 2 is 1.54 bits per heavy atom. The minimum atomic E-state index is -0.423. The number of hydrogen-bond donors (Lipinski definition) is 2. The molecular formula is C26H21N5O4. The van der Waals surface area contributed by atoms with Gasteiger partial charge >= 0.3 is 6.03 Å². The first kappa shape index (κ1) is 21.8. The van der Waals surface area contributed by atoms with E-state index >= 15 is 0 Å². The van der Waals surface area contributed by atoms with E-state index in [0.29, 0.717) is 23.3 Å². The fourth-order valence-corrected chi connectivity index (χ4v) is 3.50. The third kappa shape index (κ3) is 4.83. The first-order valence-corrected chi connectivity index (χ1v) is 10.7. The molecule has 5 rings (SSSR count). The zero-order chi connectivity index (χ0) is 24.0. The minimum Gasteiger partial charge on any atom is -0.496 e. The van der Waals surface area contributed by atoms with Crippen molar-refractivity contribution >= 4 is 35.0 Å². The maximum Gasteiger partial charge on any atom is 0.335 e. The van der Waals surface area contributed by atoms with Crippen LogP contribution < -0.4 is 20.3 Å². The van der Waals surface area contributed by atoms with E-state index in [-0.39, 0.29) is 0 Å². The van der Waals surface area contributed by atoms with Gasteiger partial charge in [0.1, 0.15) is 17.9 Å². The highest BCUT2D eigenvalue weighted by Crippen LogP contribution is 2.30. The number of rotatable bonds is 7. The predicted molar refractivity (Wildman–Crippen MR) is 132 cm³/mol. The molecular weight excluding hydrogens is 446 g/mol. The van der Waals surface area contributed by atoms with Gasteiger partial charge in [0.15, 0.2) is 0 Å². The van der Waals surface area contributed by atoms with Gasteiger partial charge in [0, 0.05) is 35.1 Å². The number of nitrogens with one attached hydrogen (secondary N) is 2. The number of ether oxygens (including phenoxy) is 1. The first-order valence-electron chi connectivity index (χ1n) is 10.7. The number of carbonyl (C=O) groups is 1. The SMILES string of the molecule is COc1ccccc1-c1cc(Nc2ccc(NC(=O)N(c3ccco3)c3ccco3)cc2)ncn1. The summed E-state index contributed by atoms with van der Waals surface area (Å²) < 4.78 is 16.2. The molecule has 35 heavy (non-hydrogen) atoms. The molecule has 9 heteroatoms. The number of para-hydroxylation sites is 1. The zero-order valence-electron chi connectivity index (χ0n) is 18.7. The van der Waals surface area contributed by atoms with E-state index in [0.717, 1.165) is 22.7 Å². The van der Waals surface area contributed by atoms with Crippen LogP contribution in [-0.4, -0.2) is 23.1 Å². The fraction of sp³-hybridized carbons (Fsp3) is 0.0385. The molecule has 2 N–H and O–H groups in total. The molecule has 0 spiro atoms. The zero-order valence-corrected chi connectivity index (χ0v) is 18.7. The summed E-state index contributed by atoms with van der Waals surface area (Å²) >= 11 is 0. The monoisotopic (exact) mass is 467 g/mol. The van der Waals surface area contributed by atoms with Crippen LogP contribution in [-0.2, 0) is 0 Å². The van der Waals surface area contributed by atoms with Crippen LogP contribution in [0.25, 0.3) is 11.3 Å². The van der Waals surface area contributed by atoms with Gasteiger partial charge in [0.2, 0.25) is 11.8 Å². The molecule has 0 radical (unpaired) electrons. The van der Waals surface area contributed by atoms with Crippen LogP contribution in [0.4, 0.5) is 33.8 Å². The number of urea groups is 1. The molecule has 174 valence electrons. The van der Waals surface area contributed by atoms with Crippen molar-refractivity contribution in [1.29, 1.82) is 0 Å². The molecule has 0 fully saturated rings. The quantitative estimate of drug-likeness (QED) is 0.283. The van der Waals surface area contributed by atoms with Crippen molar-refractivity contribution in [1.82, 2.24) is 9.97 Å². The van der Waals surface area contributed by atoms with Gasteiger partial charge in [-0.3, -0.25) is 0 Å². The average molecular weight is 467 g/mol. The van der Waals surface area contributed by atoms with Gasteiger partial charge < -0.3 is 24.2 Å². The summed E-state index contributed by atoms with van der Waals surface area (Å²) in [5.74, 6) is 2.03. The summed E-state index contributed by atoms with van der Waals surface area (Å²) in [5, 5.41) is 6.11. The summed E-state index contributed by atoms with van der Waals surface area (Å²) in [6.07, 6.45) is 4.48. The molecule has 3 aromatic heterocycles. The fourth-order valence-electron chi connectivity index (χ4n) is 3.50. The summed E-state index contributed by atoms with van der Waals surface area (Å²) in [4.78, 5) is 22.9. The van der Waals surface area contributed by atoms with E-state index in [9.17, 15) is 4.79 Å². The van der Waals surface area contributed by atoms with E-state index in [1.807, 2.05) is 42.5 Å². The topological polar surface area (TPSA) is 106 Å². The molecule has 5 aromatic rings. The van der Waals surface area contributed by atoms with Crippen molar-refractivity contribution in [2.45, 2.75) is 0 Å². The molecule has 3 heterocycles. The second kappa shape index (κ2) is 9.84. The van der Waals surface area contributed by atoms with Crippen LogP contribution in [0.1, 0.15) is 0 Å².